The molecule has 5 heteroatoms. The Morgan fingerprint density at radius 2 is 1.89 bits per heavy atom. The van der Waals surface area contributed by atoms with Gasteiger partial charge in [0.1, 0.15) is 11.5 Å². The second-order valence-electron chi connectivity index (χ2n) is 6.57. The van der Waals surface area contributed by atoms with Gasteiger partial charge in [0.15, 0.2) is 5.78 Å². The molecule has 0 heterocycles. The maximum Gasteiger partial charge on any atom is 0.215 e. The van der Waals surface area contributed by atoms with E-state index < -0.39 is 11.7 Å². The van der Waals surface area contributed by atoms with Crippen molar-refractivity contribution in [1.82, 2.24) is 0 Å². The largest absolute Gasteiger partial charge is 0.511 e. The topological polar surface area (TPSA) is 76.0 Å². The van der Waals surface area contributed by atoms with Gasteiger partial charge in [-0.15, -0.1) is 0 Å². The predicted octanol–water partition coefficient (Wildman–Crippen LogP) is 4.09. The summed E-state index contributed by atoms with van der Waals surface area (Å²) < 4.78 is 10.6. The van der Waals surface area contributed by atoms with Gasteiger partial charge in [0, 0.05) is 24.3 Å². The Morgan fingerprint density at radius 1 is 1.22 bits per heavy atom. The van der Waals surface area contributed by atoms with E-state index in [9.17, 15) is 15.0 Å². The van der Waals surface area contributed by atoms with Crippen LogP contribution in [-0.2, 0) is 9.47 Å². The molecule has 2 atom stereocenters. The van der Waals surface area contributed by atoms with Crippen molar-refractivity contribution < 1.29 is 24.5 Å². The highest BCUT2D eigenvalue weighted by Gasteiger charge is 2.40. The van der Waals surface area contributed by atoms with E-state index in [0.29, 0.717) is 23.3 Å². The SMILES string of the molecule is COC1=CC(O)(OC)C(CC=C(C)C)=C(O)C1/C=C/C(=O)c1ccccc1. The lowest BCUT2D eigenvalue weighted by molar-refractivity contribution is -0.124. The maximum absolute atomic E-state index is 12.3. The third-order valence-corrected chi connectivity index (χ3v) is 4.44. The van der Waals surface area contributed by atoms with Crippen molar-refractivity contribution in [2.45, 2.75) is 26.1 Å². The number of methoxy groups -OCH3 is 2. The number of hydrogen-bond donors (Lipinski definition) is 2. The Hall–Kier alpha value is -2.63. The Kier molecular flexibility index (Phi) is 6.77. The summed E-state index contributed by atoms with van der Waals surface area (Å²) in [6.45, 7) is 3.86. The minimum absolute atomic E-state index is 0.0895. The third kappa shape index (κ3) is 4.76. The van der Waals surface area contributed by atoms with Crippen LogP contribution in [0.4, 0.5) is 0 Å². The first kappa shape index (κ1) is 20.7. The fourth-order valence-corrected chi connectivity index (χ4v) is 2.87. The number of aliphatic hydroxyl groups excluding tert-OH is 1. The van der Waals surface area contributed by atoms with Crippen LogP contribution in [0.5, 0.6) is 0 Å². The highest BCUT2D eigenvalue weighted by molar-refractivity contribution is 6.04. The molecule has 1 aliphatic carbocycles. The molecule has 0 aromatic heterocycles. The number of aliphatic hydroxyl groups is 2. The van der Waals surface area contributed by atoms with Crippen LogP contribution in [0.1, 0.15) is 30.6 Å². The number of carbonyl (C=O) groups is 1. The lowest BCUT2D eigenvalue weighted by Crippen LogP contribution is -2.37. The van der Waals surface area contributed by atoms with Crippen LogP contribution in [0.3, 0.4) is 0 Å². The van der Waals surface area contributed by atoms with E-state index >= 15 is 0 Å². The van der Waals surface area contributed by atoms with Gasteiger partial charge < -0.3 is 19.7 Å². The third-order valence-electron chi connectivity index (χ3n) is 4.44. The van der Waals surface area contributed by atoms with Crippen LogP contribution in [-0.4, -0.2) is 36.0 Å². The van der Waals surface area contributed by atoms with Crippen LogP contribution < -0.4 is 0 Å². The molecule has 0 spiro atoms. The lowest BCUT2D eigenvalue weighted by Gasteiger charge is -2.34. The minimum Gasteiger partial charge on any atom is -0.511 e. The molecule has 0 fully saturated rings. The van der Waals surface area contributed by atoms with Gasteiger partial charge in [-0.2, -0.15) is 0 Å². The highest BCUT2D eigenvalue weighted by atomic mass is 16.6. The zero-order valence-electron chi connectivity index (χ0n) is 16.1. The summed E-state index contributed by atoms with van der Waals surface area (Å²) in [5.41, 5.74) is 1.91. The number of hydrogen-bond acceptors (Lipinski definition) is 5. The van der Waals surface area contributed by atoms with E-state index in [1.807, 2.05) is 26.0 Å². The number of rotatable bonds is 7. The van der Waals surface area contributed by atoms with Crippen molar-refractivity contribution in [2.75, 3.05) is 14.2 Å². The molecule has 1 aliphatic rings. The average molecular weight is 370 g/mol. The van der Waals surface area contributed by atoms with Crippen molar-refractivity contribution in [1.29, 1.82) is 0 Å². The molecule has 0 amide bonds. The Labute approximate surface area is 159 Å². The fraction of sp³-hybridized carbons (Fsp3) is 0.318. The number of carbonyl (C=O) groups excluding carboxylic acids is 1. The first-order valence-corrected chi connectivity index (χ1v) is 8.70. The quantitative estimate of drug-likeness (QED) is 0.327. The Morgan fingerprint density at radius 3 is 2.44 bits per heavy atom. The lowest BCUT2D eigenvalue weighted by atomic mass is 9.86. The second kappa shape index (κ2) is 8.84. The highest BCUT2D eigenvalue weighted by Crippen LogP contribution is 2.38. The van der Waals surface area contributed by atoms with E-state index in [0.717, 1.165) is 5.57 Å². The average Bonchev–Trinajstić information content (AvgIpc) is 2.66. The summed E-state index contributed by atoms with van der Waals surface area (Å²) in [4.78, 5) is 12.3. The molecular formula is C22H26O5. The first-order chi connectivity index (χ1) is 12.8. The summed E-state index contributed by atoms with van der Waals surface area (Å²) in [6, 6.07) is 8.86. The van der Waals surface area contributed by atoms with Crippen molar-refractivity contribution in [3.8, 4) is 0 Å². The van der Waals surface area contributed by atoms with Gasteiger partial charge in [0.2, 0.25) is 5.79 Å². The molecule has 0 saturated carbocycles. The minimum atomic E-state index is -1.77. The molecule has 2 N–H and O–H groups in total. The number of ether oxygens (including phenoxy) is 2. The van der Waals surface area contributed by atoms with Gasteiger partial charge in [0.05, 0.1) is 13.0 Å². The first-order valence-electron chi connectivity index (χ1n) is 8.70. The van der Waals surface area contributed by atoms with Crippen molar-refractivity contribution in [2.24, 2.45) is 5.92 Å². The van der Waals surface area contributed by atoms with Gasteiger partial charge in [0.25, 0.3) is 0 Å². The van der Waals surface area contributed by atoms with Crippen LogP contribution in [0.2, 0.25) is 0 Å². The summed E-state index contributed by atoms with van der Waals surface area (Å²) in [5.74, 6) is -2.42. The standard InChI is InChI=1S/C22H26O5/c1-15(2)10-12-18-21(24)17(20(26-3)14-22(18,25)27-4)11-13-19(23)16-8-6-5-7-9-16/h5-11,13-14,17,24-25H,12H2,1-4H3/b13-11+. The van der Waals surface area contributed by atoms with Crippen molar-refractivity contribution in [3.63, 3.8) is 0 Å². The zero-order chi connectivity index (χ0) is 20.0. The zero-order valence-corrected chi connectivity index (χ0v) is 16.1. The molecule has 2 unspecified atom stereocenters. The van der Waals surface area contributed by atoms with Crippen molar-refractivity contribution >= 4 is 5.78 Å². The van der Waals surface area contributed by atoms with Gasteiger partial charge in [-0.3, -0.25) is 4.79 Å². The maximum atomic E-state index is 12.3. The van der Waals surface area contributed by atoms with Crippen molar-refractivity contribution in [3.05, 3.63) is 82.9 Å². The van der Waals surface area contributed by atoms with Crippen LogP contribution in [0.25, 0.3) is 0 Å². The summed E-state index contributed by atoms with van der Waals surface area (Å²) in [6.07, 6.45) is 6.58. The normalized spacial score (nSPS) is 22.6. The van der Waals surface area contributed by atoms with E-state index in [1.54, 1.807) is 30.3 Å². The molecule has 0 radical (unpaired) electrons. The molecule has 144 valence electrons. The van der Waals surface area contributed by atoms with Gasteiger partial charge >= 0.3 is 0 Å². The molecule has 0 bridgehead atoms. The van der Waals surface area contributed by atoms with Crippen LogP contribution >= 0.6 is 0 Å². The van der Waals surface area contributed by atoms with Gasteiger partial charge in [-0.1, -0.05) is 48.1 Å². The smallest absolute Gasteiger partial charge is 0.215 e. The summed E-state index contributed by atoms with van der Waals surface area (Å²) >= 11 is 0. The Balaban J connectivity index is 2.40. The number of benzene rings is 1. The summed E-state index contributed by atoms with van der Waals surface area (Å²) in [7, 11) is 2.80. The fourth-order valence-electron chi connectivity index (χ4n) is 2.87. The van der Waals surface area contributed by atoms with E-state index in [4.69, 9.17) is 9.47 Å². The molecule has 5 nitrogen and oxygen atoms in total. The molecular weight excluding hydrogens is 344 g/mol. The Bertz CT molecular complexity index is 797. The number of allylic oxidation sites excluding steroid dienone is 3. The second-order valence-corrected chi connectivity index (χ2v) is 6.57. The monoisotopic (exact) mass is 370 g/mol. The van der Waals surface area contributed by atoms with Crippen LogP contribution in [0.15, 0.2) is 77.3 Å². The van der Waals surface area contributed by atoms with E-state index in [1.165, 1.54) is 26.4 Å². The van der Waals surface area contributed by atoms with Crippen LogP contribution in [0, 0.1) is 5.92 Å². The summed E-state index contributed by atoms with van der Waals surface area (Å²) in [5, 5.41) is 21.6. The molecule has 27 heavy (non-hydrogen) atoms. The molecule has 2 rings (SSSR count). The molecule has 1 aromatic carbocycles. The molecule has 0 saturated heterocycles. The van der Waals surface area contributed by atoms with E-state index in [-0.39, 0.29) is 11.5 Å². The van der Waals surface area contributed by atoms with E-state index in [2.05, 4.69) is 0 Å². The molecule has 0 aliphatic heterocycles. The molecule has 1 aromatic rings. The van der Waals surface area contributed by atoms with Gasteiger partial charge in [-0.05, 0) is 26.3 Å². The van der Waals surface area contributed by atoms with Gasteiger partial charge in [-0.25, -0.2) is 0 Å². The predicted molar refractivity (Wildman–Crippen MR) is 104 cm³/mol. The number of ketones is 1.